The summed E-state index contributed by atoms with van der Waals surface area (Å²) in [5.41, 5.74) is 0.231. The summed E-state index contributed by atoms with van der Waals surface area (Å²) in [5, 5.41) is 2.74. The number of aryl methyl sites for hydroxylation is 1. The lowest BCUT2D eigenvalue weighted by Gasteiger charge is -2.27. The zero-order valence-corrected chi connectivity index (χ0v) is 16.6. The second-order valence-electron chi connectivity index (χ2n) is 7.60. The predicted octanol–water partition coefficient (Wildman–Crippen LogP) is 2.80. The Balaban J connectivity index is 1.92. The summed E-state index contributed by atoms with van der Waals surface area (Å²) in [5.74, 6) is 0.0559. The van der Waals surface area contributed by atoms with Crippen LogP contribution in [0.1, 0.15) is 37.6 Å². The summed E-state index contributed by atoms with van der Waals surface area (Å²) in [6.45, 7) is 6.57. The molecule has 3 rings (SSSR count). The van der Waals surface area contributed by atoms with E-state index in [9.17, 15) is 14.4 Å². The minimum absolute atomic E-state index is 0.0117. The number of carbonyl (C=O) groups is 2. The van der Waals surface area contributed by atoms with Gasteiger partial charge in [0.25, 0.3) is 11.5 Å². The van der Waals surface area contributed by atoms with Gasteiger partial charge in [0, 0.05) is 31.5 Å². The molecule has 0 bridgehead atoms. The number of nitrogens with zero attached hydrogens (tertiary/aromatic N) is 2. The van der Waals surface area contributed by atoms with Crippen molar-refractivity contribution < 1.29 is 14.3 Å². The number of nitrogens with one attached hydrogen (secondary N) is 1. The SMILES string of the molecule is CCCN1C(=O)C(C)(C)COc2cc(NC(=O)c3cccn(C)c3=O)ccc21. The molecule has 1 aliphatic heterocycles. The zero-order valence-electron chi connectivity index (χ0n) is 16.6. The molecule has 0 saturated heterocycles. The van der Waals surface area contributed by atoms with Crippen molar-refractivity contribution in [2.24, 2.45) is 12.5 Å². The average molecular weight is 383 g/mol. The summed E-state index contributed by atoms with van der Waals surface area (Å²) in [6, 6.07) is 8.30. The molecule has 7 heteroatoms. The zero-order chi connectivity index (χ0) is 20.5. The Morgan fingerprint density at radius 3 is 2.71 bits per heavy atom. The molecule has 0 fully saturated rings. The number of fused-ring (bicyclic) bond motifs is 1. The second kappa shape index (κ2) is 7.50. The van der Waals surface area contributed by atoms with Crippen LogP contribution in [0.25, 0.3) is 0 Å². The van der Waals surface area contributed by atoms with Gasteiger partial charge in [-0.15, -0.1) is 0 Å². The number of ether oxygens (including phenoxy) is 1. The molecular weight excluding hydrogens is 358 g/mol. The summed E-state index contributed by atoms with van der Waals surface area (Å²) in [6.07, 6.45) is 2.41. The molecule has 7 nitrogen and oxygen atoms in total. The van der Waals surface area contributed by atoms with E-state index in [-0.39, 0.29) is 23.6 Å². The van der Waals surface area contributed by atoms with Gasteiger partial charge in [-0.1, -0.05) is 6.92 Å². The topological polar surface area (TPSA) is 80.6 Å². The van der Waals surface area contributed by atoms with E-state index in [0.717, 1.165) is 6.42 Å². The van der Waals surface area contributed by atoms with E-state index in [1.807, 2.05) is 20.8 Å². The van der Waals surface area contributed by atoms with Crippen molar-refractivity contribution in [1.82, 2.24) is 4.57 Å². The van der Waals surface area contributed by atoms with Crippen LogP contribution in [-0.2, 0) is 11.8 Å². The molecule has 1 N–H and O–H groups in total. The molecule has 1 aromatic heterocycles. The highest BCUT2D eigenvalue weighted by Gasteiger charge is 2.37. The lowest BCUT2D eigenvalue weighted by molar-refractivity contribution is -0.127. The normalized spacial score (nSPS) is 15.4. The van der Waals surface area contributed by atoms with E-state index in [1.165, 1.54) is 10.6 Å². The first kappa shape index (κ1) is 19.7. The van der Waals surface area contributed by atoms with Crippen LogP contribution in [0.2, 0.25) is 0 Å². The van der Waals surface area contributed by atoms with Gasteiger partial charge in [0.15, 0.2) is 0 Å². The van der Waals surface area contributed by atoms with Crippen molar-refractivity contribution in [3.8, 4) is 5.75 Å². The van der Waals surface area contributed by atoms with Crippen molar-refractivity contribution in [3.05, 3.63) is 52.4 Å². The molecule has 2 amide bonds. The lowest BCUT2D eigenvalue weighted by atomic mass is 9.93. The Bertz CT molecular complexity index is 978. The first-order valence-corrected chi connectivity index (χ1v) is 9.30. The maximum Gasteiger partial charge on any atom is 0.263 e. The highest BCUT2D eigenvalue weighted by Crippen LogP contribution is 2.38. The molecular formula is C21H25N3O4. The number of carbonyl (C=O) groups excluding carboxylic acids is 2. The van der Waals surface area contributed by atoms with E-state index < -0.39 is 11.3 Å². The minimum atomic E-state index is -0.645. The van der Waals surface area contributed by atoms with Crippen molar-refractivity contribution in [2.75, 3.05) is 23.4 Å². The number of rotatable bonds is 4. The molecule has 148 valence electrons. The van der Waals surface area contributed by atoms with Crippen molar-refractivity contribution in [2.45, 2.75) is 27.2 Å². The van der Waals surface area contributed by atoms with Crippen LogP contribution in [0.4, 0.5) is 11.4 Å². The van der Waals surface area contributed by atoms with Crippen molar-refractivity contribution >= 4 is 23.2 Å². The monoisotopic (exact) mass is 383 g/mol. The van der Waals surface area contributed by atoms with E-state index >= 15 is 0 Å². The van der Waals surface area contributed by atoms with Crippen LogP contribution < -0.4 is 20.5 Å². The fourth-order valence-electron chi connectivity index (χ4n) is 3.14. The first-order chi connectivity index (χ1) is 13.2. The van der Waals surface area contributed by atoms with E-state index in [0.29, 0.717) is 23.7 Å². The van der Waals surface area contributed by atoms with E-state index in [2.05, 4.69) is 5.32 Å². The number of hydrogen-bond acceptors (Lipinski definition) is 4. The number of amides is 2. The molecule has 0 saturated carbocycles. The van der Waals surface area contributed by atoms with Gasteiger partial charge in [-0.3, -0.25) is 14.4 Å². The van der Waals surface area contributed by atoms with Crippen molar-refractivity contribution in [3.63, 3.8) is 0 Å². The highest BCUT2D eigenvalue weighted by atomic mass is 16.5. The maximum atomic E-state index is 12.9. The van der Waals surface area contributed by atoms with Crippen LogP contribution in [0.5, 0.6) is 5.75 Å². The van der Waals surface area contributed by atoms with Crippen molar-refractivity contribution in [1.29, 1.82) is 0 Å². The summed E-state index contributed by atoms with van der Waals surface area (Å²) < 4.78 is 7.25. The molecule has 2 aromatic rings. The summed E-state index contributed by atoms with van der Waals surface area (Å²) in [7, 11) is 1.59. The van der Waals surface area contributed by atoms with Crippen LogP contribution >= 0.6 is 0 Å². The predicted molar refractivity (Wildman–Crippen MR) is 108 cm³/mol. The number of benzene rings is 1. The van der Waals surface area contributed by atoms with Gasteiger partial charge < -0.3 is 19.5 Å². The van der Waals surface area contributed by atoms with Gasteiger partial charge in [0.1, 0.15) is 17.9 Å². The quantitative estimate of drug-likeness (QED) is 0.880. The molecule has 0 radical (unpaired) electrons. The van der Waals surface area contributed by atoms with Gasteiger partial charge >= 0.3 is 0 Å². The smallest absolute Gasteiger partial charge is 0.263 e. The van der Waals surface area contributed by atoms with Gasteiger partial charge in [-0.05, 0) is 44.5 Å². The van der Waals surface area contributed by atoms with Crippen LogP contribution in [-0.4, -0.2) is 29.5 Å². The molecule has 0 atom stereocenters. The molecule has 0 spiro atoms. The standard InChI is InChI=1S/C21H25N3O4/c1-5-10-24-16-9-8-14(12-17(16)28-13-21(2,3)20(24)27)22-18(25)15-7-6-11-23(4)19(15)26/h6-9,11-12H,5,10,13H2,1-4H3,(H,22,25). The molecule has 0 aliphatic carbocycles. The van der Waals surface area contributed by atoms with Crippen LogP contribution in [0, 0.1) is 5.41 Å². The first-order valence-electron chi connectivity index (χ1n) is 9.30. The average Bonchev–Trinajstić information content (AvgIpc) is 2.74. The Labute approximate surface area is 163 Å². The molecule has 1 aromatic carbocycles. The minimum Gasteiger partial charge on any atom is -0.490 e. The Hall–Kier alpha value is -3.09. The Morgan fingerprint density at radius 2 is 2.00 bits per heavy atom. The third-order valence-electron chi connectivity index (χ3n) is 4.74. The Morgan fingerprint density at radius 1 is 1.25 bits per heavy atom. The van der Waals surface area contributed by atoms with Gasteiger partial charge in [0.05, 0.1) is 11.1 Å². The molecule has 1 aliphatic rings. The number of anilines is 2. The number of aromatic nitrogens is 1. The third-order valence-corrected chi connectivity index (χ3v) is 4.74. The summed E-state index contributed by atoms with van der Waals surface area (Å²) in [4.78, 5) is 39.3. The van der Waals surface area contributed by atoms with E-state index in [1.54, 1.807) is 42.4 Å². The number of hydrogen-bond donors (Lipinski definition) is 1. The van der Waals surface area contributed by atoms with Gasteiger partial charge in [-0.2, -0.15) is 0 Å². The van der Waals surface area contributed by atoms with Gasteiger partial charge in [0.2, 0.25) is 5.91 Å². The largest absolute Gasteiger partial charge is 0.490 e. The highest BCUT2D eigenvalue weighted by molar-refractivity contribution is 6.05. The fourth-order valence-corrected chi connectivity index (χ4v) is 3.14. The molecule has 2 heterocycles. The summed E-state index contributed by atoms with van der Waals surface area (Å²) >= 11 is 0. The lowest BCUT2D eigenvalue weighted by Crippen LogP contribution is -2.42. The fraction of sp³-hybridized carbons (Fsp3) is 0.381. The third kappa shape index (κ3) is 3.65. The second-order valence-corrected chi connectivity index (χ2v) is 7.60. The molecule has 28 heavy (non-hydrogen) atoms. The Kier molecular flexibility index (Phi) is 5.27. The van der Waals surface area contributed by atoms with E-state index in [4.69, 9.17) is 4.74 Å². The maximum absolute atomic E-state index is 12.9. The van der Waals surface area contributed by atoms with Gasteiger partial charge in [-0.25, -0.2) is 0 Å². The number of pyridine rings is 1. The van der Waals surface area contributed by atoms with Crippen LogP contribution in [0.3, 0.4) is 0 Å². The molecule has 0 unspecified atom stereocenters. The van der Waals surface area contributed by atoms with Crippen LogP contribution in [0.15, 0.2) is 41.3 Å².